The first-order valence-electron chi connectivity index (χ1n) is 6.90. The second kappa shape index (κ2) is 6.92. The predicted molar refractivity (Wildman–Crippen MR) is 73.7 cm³/mol. The smallest absolute Gasteiger partial charge is 0.105 e. The quantitative estimate of drug-likeness (QED) is 0.855. The summed E-state index contributed by atoms with van der Waals surface area (Å²) in [6.45, 7) is 9.99. The Morgan fingerprint density at radius 3 is 3.06 bits per heavy atom. The summed E-state index contributed by atoms with van der Waals surface area (Å²) in [5.74, 6) is 1.04. The Hall–Kier alpha value is -0.840. The fourth-order valence-corrected chi connectivity index (χ4v) is 2.38. The predicted octanol–water partition coefficient (Wildman–Crippen LogP) is 1.32. The molecule has 0 saturated carbocycles. The lowest BCUT2D eigenvalue weighted by Gasteiger charge is -2.23. The Balaban J connectivity index is 1.70. The van der Waals surface area contributed by atoms with Crippen molar-refractivity contribution in [2.24, 2.45) is 0 Å². The SMILES string of the molecule is Cc1occc1CN(C)CCN1CCCNCC1. The zero-order chi connectivity index (χ0) is 12.8. The molecule has 4 heteroatoms. The Labute approximate surface area is 110 Å². The summed E-state index contributed by atoms with van der Waals surface area (Å²) in [5, 5.41) is 3.44. The highest BCUT2D eigenvalue weighted by Crippen LogP contribution is 2.10. The van der Waals surface area contributed by atoms with E-state index in [1.54, 1.807) is 6.26 Å². The first-order valence-corrected chi connectivity index (χ1v) is 6.90. The van der Waals surface area contributed by atoms with E-state index in [2.05, 4.69) is 28.2 Å². The Kier molecular flexibility index (Phi) is 5.23. The molecular weight excluding hydrogens is 226 g/mol. The summed E-state index contributed by atoms with van der Waals surface area (Å²) in [5.41, 5.74) is 1.30. The zero-order valence-corrected chi connectivity index (χ0v) is 11.6. The molecule has 0 aromatic carbocycles. The van der Waals surface area contributed by atoms with Gasteiger partial charge in [-0.1, -0.05) is 0 Å². The highest BCUT2D eigenvalue weighted by Gasteiger charge is 2.10. The van der Waals surface area contributed by atoms with Crippen LogP contribution in [0.3, 0.4) is 0 Å². The summed E-state index contributed by atoms with van der Waals surface area (Å²) in [6, 6.07) is 2.07. The molecule has 1 N–H and O–H groups in total. The Morgan fingerprint density at radius 2 is 2.28 bits per heavy atom. The molecule has 0 radical (unpaired) electrons. The van der Waals surface area contributed by atoms with E-state index in [9.17, 15) is 0 Å². The molecule has 1 aliphatic heterocycles. The molecule has 0 amide bonds. The van der Waals surface area contributed by atoms with Crippen LogP contribution in [0.25, 0.3) is 0 Å². The highest BCUT2D eigenvalue weighted by atomic mass is 16.3. The van der Waals surface area contributed by atoms with Crippen molar-refractivity contribution in [2.75, 3.05) is 46.3 Å². The van der Waals surface area contributed by atoms with Crippen molar-refractivity contribution in [2.45, 2.75) is 19.9 Å². The van der Waals surface area contributed by atoms with Crippen LogP contribution in [0.2, 0.25) is 0 Å². The van der Waals surface area contributed by atoms with Gasteiger partial charge < -0.3 is 19.5 Å². The minimum Gasteiger partial charge on any atom is -0.469 e. The van der Waals surface area contributed by atoms with Crippen LogP contribution < -0.4 is 5.32 Å². The normalized spacial score (nSPS) is 18.2. The van der Waals surface area contributed by atoms with Gasteiger partial charge in [0.05, 0.1) is 6.26 Å². The van der Waals surface area contributed by atoms with Gasteiger partial charge >= 0.3 is 0 Å². The van der Waals surface area contributed by atoms with Crippen molar-refractivity contribution in [1.82, 2.24) is 15.1 Å². The number of hydrogen-bond acceptors (Lipinski definition) is 4. The van der Waals surface area contributed by atoms with Crippen molar-refractivity contribution in [3.05, 3.63) is 23.7 Å². The number of likely N-dealkylation sites (N-methyl/N-ethyl adjacent to an activating group) is 1. The molecule has 18 heavy (non-hydrogen) atoms. The highest BCUT2D eigenvalue weighted by molar-refractivity contribution is 5.14. The maximum Gasteiger partial charge on any atom is 0.105 e. The van der Waals surface area contributed by atoms with Gasteiger partial charge in [0.25, 0.3) is 0 Å². The molecule has 102 valence electrons. The number of rotatable bonds is 5. The van der Waals surface area contributed by atoms with Crippen LogP contribution in [0.5, 0.6) is 0 Å². The topological polar surface area (TPSA) is 31.7 Å². The average molecular weight is 251 g/mol. The molecule has 1 fully saturated rings. The molecule has 2 heterocycles. The average Bonchev–Trinajstić information content (AvgIpc) is 2.63. The Bertz CT molecular complexity index is 343. The van der Waals surface area contributed by atoms with Gasteiger partial charge in [0.15, 0.2) is 0 Å². The maximum atomic E-state index is 5.33. The van der Waals surface area contributed by atoms with Gasteiger partial charge in [-0.3, -0.25) is 0 Å². The van der Waals surface area contributed by atoms with Gasteiger partial charge in [-0.2, -0.15) is 0 Å². The number of hydrogen-bond donors (Lipinski definition) is 1. The fourth-order valence-electron chi connectivity index (χ4n) is 2.38. The van der Waals surface area contributed by atoms with Gasteiger partial charge in [-0.05, 0) is 39.5 Å². The molecule has 1 aromatic rings. The van der Waals surface area contributed by atoms with Gasteiger partial charge in [0.1, 0.15) is 5.76 Å². The van der Waals surface area contributed by atoms with E-state index in [1.165, 1.54) is 31.6 Å². The molecule has 0 spiro atoms. The first-order chi connectivity index (χ1) is 8.75. The number of aryl methyl sites for hydroxylation is 1. The van der Waals surface area contributed by atoms with Crippen LogP contribution in [-0.2, 0) is 6.54 Å². The van der Waals surface area contributed by atoms with Gasteiger partial charge in [-0.25, -0.2) is 0 Å². The Morgan fingerprint density at radius 1 is 1.39 bits per heavy atom. The lowest BCUT2D eigenvalue weighted by Crippen LogP contribution is -2.35. The standard InChI is InChI=1S/C14H25N3O/c1-13-14(4-11-18-13)12-16(2)9-10-17-7-3-5-15-6-8-17/h4,11,15H,3,5-10,12H2,1-2H3. The lowest BCUT2D eigenvalue weighted by atomic mass is 10.2. The van der Waals surface area contributed by atoms with E-state index in [1.807, 2.05) is 6.92 Å². The van der Waals surface area contributed by atoms with E-state index in [-0.39, 0.29) is 0 Å². The second-order valence-corrected chi connectivity index (χ2v) is 5.19. The number of nitrogens with zero attached hydrogens (tertiary/aromatic N) is 2. The van der Waals surface area contributed by atoms with Crippen molar-refractivity contribution < 1.29 is 4.42 Å². The van der Waals surface area contributed by atoms with Crippen LogP contribution in [0, 0.1) is 6.92 Å². The van der Waals surface area contributed by atoms with Crippen LogP contribution in [0.15, 0.2) is 16.7 Å². The molecule has 0 aliphatic carbocycles. The summed E-state index contributed by atoms with van der Waals surface area (Å²) < 4.78 is 5.33. The van der Waals surface area contributed by atoms with E-state index in [0.29, 0.717) is 0 Å². The molecule has 0 atom stereocenters. The van der Waals surface area contributed by atoms with Crippen LogP contribution in [0.4, 0.5) is 0 Å². The van der Waals surface area contributed by atoms with Crippen molar-refractivity contribution in [1.29, 1.82) is 0 Å². The van der Waals surface area contributed by atoms with Crippen molar-refractivity contribution >= 4 is 0 Å². The molecule has 2 rings (SSSR count). The summed E-state index contributed by atoms with van der Waals surface area (Å²) in [4.78, 5) is 4.93. The maximum absolute atomic E-state index is 5.33. The minimum absolute atomic E-state index is 0.981. The van der Waals surface area contributed by atoms with E-state index in [4.69, 9.17) is 4.42 Å². The summed E-state index contributed by atoms with van der Waals surface area (Å²) in [7, 11) is 2.18. The molecule has 4 nitrogen and oxygen atoms in total. The molecular formula is C14H25N3O. The van der Waals surface area contributed by atoms with Crippen LogP contribution in [0.1, 0.15) is 17.7 Å². The van der Waals surface area contributed by atoms with E-state index < -0.39 is 0 Å². The largest absolute Gasteiger partial charge is 0.469 e. The van der Waals surface area contributed by atoms with E-state index >= 15 is 0 Å². The fraction of sp³-hybridized carbons (Fsp3) is 0.714. The number of furan rings is 1. The molecule has 0 unspecified atom stereocenters. The molecule has 0 bridgehead atoms. The second-order valence-electron chi connectivity index (χ2n) is 5.19. The third-order valence-electron chi connectivity index (χ3n) is 3.64. The molecule has 1 saturated heterocycles. The van der Waals surface area contributed by atoms with Crippen molar-refractivity contribution in [3.63, 3.8) is 0 Å². The third-order valence-corrected chi connectivity index (χ3v) is 3.64. The minimum atomic E-state index is 0.981. The van der Waals surface area contributed by atoms with E-state index in [0.717, 1.165) is 31.9 Å². The van der Waals surface area contributed by atoms with Gasteiger partial charge in [-0.15, -0.1) is 0 Å². The first kappa shape index (κ1) is 13.6. The van der Waals surface area contributed by atoms with Gasteiger partial charge in [0, 0.05) is 38.3 Å². The summed E-state index contributed by atoms with van der Waals surface area (Å²) >= 11 is 0. The summed E-state index contributed by atoms with van der Waals surface area (Å²) in [6.07, 6.45) is 3.05. The number of nitrogens with one attached hydrogen (secondary N) is 1. The zero-order valence-electron chi connectivity index (χ0n) is 11.6. The van der Waals surface area contributed by atoms with Crippen LogP contribution in [-0.4, -0.2) is 56.1 Å². The van der Waals surface area contributed by atoms with Crippen LogP contribution >= 0.6 is 0 Å². The monoisotopic (exact) mass is 251 g/mol. The third kappa shape index (κ3) is 4.12. The van der Waals surface area contributed by atoms with Gasteiger partial charge in [0.2, 0.25) is 0 Å². The molecule has 1 aromatic heterocycles. The molecule has 1 aliphatic rings. The lowest BCUT2D eigenvalue weighted by molar-refractivity contribution is 0.230. The van der Waals surface area contributed by atoms with Crippen molar-refractivity contribution in [3.8, 4) is 0 Å².